The zero-order valence-corrected chi connectivity index (χ0v) is 19.1. The van der Waals surface area contributed by atoms with Gasteiger partial charge in [-0.05, 0) is 93.3 Å². The Morgan fingerprint density at radius 2 is 1.97 bits per heavy atom. The predicted molar refractivity (Wildman–Crippen MR) is 118 cm³/mol. The number of fused-ring (bicyclic) bond motifs is 5. The van der Waals surface area contributed by atoms with Crippen LogP contribution in [0.5, 0.6) is 0 Å². The summed E-state index contributed by atoms with van der Waals surface area (Å²) in [4.78, 5) is 13.3. The highest BCUT2D eigenvalue weighted by molar-refractivity contribution is 5.82. The molecule has 4 fully saturated rings. The summed E-state index contributed by atoms with van der Waals surface area (Å²) in [5.74, 6) is 4.10. The van der Waals surface area contributed by atoms with Crippen LogP contribution in [0.1, 0.15) is 83.6 Å². The second-order valence-corrected chi connectivity index (χ2v) is 11.7. The Bertz CT molecular complexity index is 883. The highest BCUT2D eigenvalue weighted by Crippen LogP contribution is 2.63. The third kappa shape index (κ3) is 3.65. The summed E-state index contributed by atoms with van der Waals surface area (Å²) in [6.45, 7) is 4.74. The number of Topliss-reactive ketones (excluding diaryl/α,β-unsaturated/α-hetero) is 1. The minimum Gasteiger partial charge on any atom is -0.390 e. The van der Waals surface area contributed by atoms with Gasteiger partial charge in [0.05, 0.1) is 23.9 Å². The number of hydrogen-bond acceptors (Lipinski definition) is 4. The van der Waals surface area contributed by atoms with E-state index in [1.807, 2.05) is 6.92 Å². The Labute approximate surface area is 186 Å². The van der Waals surface area contributed by atoms with Gasteiger partial charge in [0.1, 0.15) is 6.07 Å². The van der Waals surface area contributed by atoms with E-state index in [4.69, 9.17) is 5.26 Å². The van der Waals surface area contributed by atoms with Crippen molar-refractivity contribution in [3.63, 3.8) is 0 Å². The minimum atomic E-state index is -0.465. The lowest BCUT2D eigenvalue weighted by atomic mass is 9.53. The molecule has 5 nitrogen and oxygen atoms in total. The molecule has 0 amide bonds. The van der Waals surface area contributed by atoms with Gasteiger partial charge in [-0.15, -0.1) is 0 Å². The summed E-state index contributed by atoms with van der Waals surface area (Å²) in [5.41, 5.74) is 0.166. The average Bonchev–Trinajstić information content (AvgIpc) is 3.27. The Balaban J connectivity index is 1.33. The van der Waals surface area contributed by atoms with Crippen molar-refractivity contribution in [2.24, 2.45) is 40.9 Å². The van der Waals surface area contributed by atoms with E-state index in [1.54, 1.807) is 17.1 Å². The molecule has 4 aliphatic rings. The first-order valence-corrected chi connectivity index (χ1v) is 12.5. The van der Waals surface area contributed by atoms with E-state index in [-0.39, 0.29) is 11.3 Å². The fourth-order valence-electron chi connectivity index (χ4n) is 8.60. The van der Waals surface area contributed by atoms with Crippen molar-refractivity contribution in [3.8, 4) is 6.07 Å². The molecule has 0 saturated heterocycles. The van der Waals surface area contributed by atoms with Gasteiger partial charge in [0.15, 0.2) is 5.78 Å². The molecule has 8 atom stereocenters. The summed E-state index contributed by atoms with van der Waals surface area (Å²) in [6.07, 6.45) is 14.8. The molecule has 5 rings (SSSR count). The van der Waals surface area contributed by atoms with Crippen molar-refractivity contribution in [1.29, 1.82) is 5.26 Å². The molecule has 31 heavy (non-hydrogen) atoms. The second-order valence-electron chi connectivity index (χ2n) is 11.7. The first-order chi connectivity index (χ1) is 14.8. The first kappa shape index (κ1) is 21.2. The third-order valence-corrected chi connectivity index (χ3v) is 9.95. The van der Waals surface area contributed by atoms with E-state index in [1.165, 1.54) is 38.5 Å². The van der Waals surface area contributed by atoms with E-state index in [2.05, 4.69) is 18.1 Å². The van der Waals surface area contributed by atoms with E-state index >= 15 is 0 Å². The molecular formula is C26H37N3O2. The van der Waals surface area contributed by atoms with E-state index < -0.39 is 5.60 Å². The van der Waals surface area contributed by atoms with Crippen molar-refractivity contribution < 1.29 is 9.90 Å². The number of nitriles is 1. The molecule has 168 valence electrons. The smallest absolute Gasteiger partial charge is 0.157 e. The molecule has 0 unspecified atom stereocenters. The lowest BCUT2D eigenvalue weighted by molar-refractivity contribution is -0.130. The van der Waals surface area contributed by atoms with Gasteiger partial charge < -0.3 is 5.11 Å². The predicted octanol–water partition coefficient (Wildman–Crippen LogP) is 4.73. The Morgan fingerprint density at radius 3 is 2.74 bits per heavy atom. The van der Waals surface area contributed by atoms with Crippen LogP contribution >= 0.6 is 0 Å². The van der Waals surface area contributed by atoms with Crippen LogP contribution in [0.3, 0.4) is 0 Å². The van der Waals surface area contributed by atoms with Gasteiger partial charge >= 0.3 is 0 Å². The molecule has 1 aromatic heterocycles. The van der Waals surface area contributed by atoms with Crippen molar-refractivity contribution in [3.05, 3.63) is 18.0 Å². The van der Waals surface area contributed by atoms with Crippen LogP contribution in [0.25, 0.3) is 0 Å². The van der Waals surface area contributed by atoms with Crippen LogP contribution in [0, 0.1) is 52.3 Å². The summed E-state index contributed by atoms with van der Waals surface area (Å²) in [5, 5.41) is 23.9. The maximum Gasteiger partial charge on any atom is 0.157 e. The average molecular weight is 424 g/mol. The number of nitrogens with zero attached hydrogens (tertiary/aromatic N) is 3. The zero-order valence-electron chi connectivity index (χ0n) is 19.1. The van der Waals surface area contributed by atoms with Gasteiger partial charge in [0.25, 0.3) is 0 Å². The van der Waals surface area contributed by atoms with Crippen molar-refractivity contribution in [1.82, 2.24) is 9.78 Å². The van der Waals surface area contributed by atoms with Crippen molar-refractivity contribution in [2.75, 3.05) is 0 Å². The molecule has 4 aliphatic carbocycles. The lowest BCUT2D eigenvalue weighted by Crippen LogP contribution is -2.47. The Kier molecular flexibility index (Phi) is 5.28. The van der Waals surface area contributed by atoms with Crippen LogP contribution in [-0.2, 0) is 11.3 Å². The quantitative estimate of drug-likeness (QED) is 0.762. The number of ketones is 1. The van der Waals surface area contributed by atoms with Crippen LogP contribution in [0.2, 0.25) is 0 Å². The van der Waals surface area contributed by atoms with E-state index in [9.17, 15) is 9.90 Å². The second kappa shape index (κ2) is 7.73. The van der Waals surface area contributed by atoms with Gasteiger partial charge in [0.2, 0.25) is 0 Å². The van der Waals surface area contributed by atoms with Crippen molar-refractivity contribution in [2.45, 2.75) is 90.2 Å². The molecule has 1 N–H and O–H groups in total. The molecular weight excluding hydrogens is 386 g/mol. The monoisotopic (exact) mass is 423 g/mol. The van der Waals surface area contributed by atoms with Crippen LogP contribution in [-0.4, -0.2) is 26.3 Å². The molecule has 4 saturated carbocycles. The molecule has 1 aromatic rings. The Hall–Kier alpha value is -1.67. The summed E-state index contributed by atoms with van der Waals surface area (Å²) in [6, 6.07) is 2.10. The number of hydrogen-bond donors (Lipinski definition) is 1. The topological polar surface area (TPSA) is 78.9 Å². The van der Waals surface area contributed by atoms with Crippen LogP contribution in [0.4, 0.5) is 0 Å². The number of carbonyl (C=O) groups excluding carboxylic acids is 1. The maximum atomic E-state index is 13.3. The number of carbonyl (C=O) groups is 1. The number of rotatable bonds is 3. The summed E-state index contributed by atoms with van der Waals surface area (Å²) in [7, 11) is 0. The SMILES string of the molecule is C[C@@]1(O)CC[C@H]2[C@@H](CCC[C@@H]3[C@@H]2CC[C@]2(C)[C@@H](C(=O)Cn4cc(C#N)cn4)CC[C@@H]32)C1. The molecule has 0 bridgehead atoms. The highest BCUT2D eigenvalue weighted by Gasteiger charge is 2.57. The number of aliphatic hydroxyl groups is 1. The largest absolute Gasteiger partial charge is 0.390 e. The van der Waals surface area contributed by atoms with Gasteiger partial charge in [-0.3, -0.25) is 9.48 Å². The van der Waals surface area contributed by atoms with E-state index in [0.717, 1.165) is 43.4 Å². The zero-order chi connectivity index (χ0) is 21.8. The van der Waals surface area contributed by atoms with Crippen LogP contribution in [0.15, 0.2) is 12.4 Å². The maximum absolute atomic E-state index is 13.3. The molecule has 0 spiro atoms. The molecule has 1 heterocycles. The lowest BCUT2D eigenvalue weighted by Gasteiger charge is -2.52. The van der Waals surface area contributed by atoms with E-state index in [0.29, 0.717) is 29.7 Å². The van der Waals surface area contributed by atoms with Crippen molar-refractivity contribution >= 4 is 5.78 Å². The highest BCUT2D eigenvalue weighted by atomic mass is 16.3. The van der Waals surface area contributed by atoms with Gasteiger partial charge in [0, 0.05) is 12.1 Å². The summed E-state index contributed by atoms with van der Waals surface area (Å²) >= 11 is 0. The molecule has 0 radical (unpaired) electrons. The minimum absolute atomic E-state index is 0.115. The van der Waals surface area contributed by atoms with Gasteiger partial charge in [-0.1, -0.05) is 19.8 Å². The Morgan fingerprint density at radius 1 is 1.16 bits per heavy atom. The fourth-order valence-corrected chi connectivity index (χ4v) is 8.60. The number of aromatic nitrogens is 2. The molecule has 0 aliphatic heterocycles. The molecule has 0 aromatic carbocycles. The van der Waals surface area contributed by atoms with Gasteiger partial charge in [-0.2, -0.15) is 10.4 Å². The standard InChI is InChI=1S/C26H37N3O2/c1-25(31)10-8-19-18(12-25)4-3-5-21-20(19)9-11-26(2)22(21)6-7-23(26)24(30)16-29-15-17(13-27)14-28-29/h14-15,18-23,31H,3-12,16H2,1-2H3/t18-,19-,20+,21+,22-,23+,25+,26-/m0/s1. The first-order valence-electron chi connectivity index (χ1n) is 12.5. The van der Waals surface area contributed by atoms with Gasteiger partial charge in [-0.25, -0.2) is 0 Å². The fraction of sp³-hybridized carbons (Fsp3) is 0.808. The molecule has 5 heteroatoms. The normalized spacial score (nSPS) is 44.5. The third-order valence-electron chi connectivity index (χ3n) is 9.95. The van der Waals surface area contributed by atoms with Crippen LogP contribution < -0.4 is 0 Å². The summed E-state index contributed by atoms with van der Waals surface area (Å²) < 4.78 is 1.65.